The average Bonchev–Trinajstić information content (AvgIpc) is 2.46. The minimum absolute atomic E-state index is 0.393. The first-order valence-corrected chi connectivity index (χ1v) is 6.23. The molecule has 2 rings (SSSR count). The zero-order valence-electron chi connectivity index (χ0n) is 9.48. The highest BCUT2D eigenvalue weighted by Crippen LogP contribution is 2.66. The average molecular weight is 217 g/mol. The summed E-state index contributed by atoms with van der Waals surface area (Å²) in [6, 6.07) is 0. The second kappa shape index (κ2) is 3.38. The van der Waals surface area contributed by atoms with Crippen LogP contribution in [0.25, 0.3) is 0 Å². The van der Waals surface area contributed by atoms with Crippen molar-refractivity contribution in [2.24, 2.45) is 16.7 Å². The van der Waals surface area contributed by atoms with Crippen molar-refractivity contribution < 1.29 is 4.74 Å². The van der Waals surface area contributed by atoms with Crippen molar-refractivity contribution in [2.75, 3.05) is 12.5 Å². The SMILES string of the molecule is CC1(C)C2CCC1(C)C(OCCCl)C2. The number of hydrogen-bond acceptors (Lipinski definition) is 1. The van der Waals surface area contributed by atoms with Crippen molar-refractivity contribution in [1.29, 1.82) is 0 Å². The molecule has 2 fully saturated rings. The van der Waals surface area contributed by atoms with Gasteiger partial charge in [-0.25, -0.2) is 0 Å². The fourth-order valence-corrected chi connectivity index (χ4v) is 3.66. The molecule has 1 nitrogen and oxygen atoms in total. The van der Waals surface area contributed by atoms with Gasteiger partial charge in [0.05, 0.1) is 12.7 Å². The summed E-state index contributed by atoms with van der Waals surface area (Å²) in [5.74, 6) is 1.49. The van der Waals surface area contributed by atoms with Crippen LogP contribution in [-0.2, 0) is 4.74 Å². The lowest BCUT2D eigenvalue weighted by Gasteiger charge is -2.38. The molecule has 3 unspecified atom stereocenters. The van der Waals surface area contributed by atoms with Crippen molar-refractivity contribution in [3.8, 4) is 0 Å². The lowest BCUT2D eigenvalue weighted by atomic mass is 9.70. The Kier molecular flexibility index (Phi) is 2.60. The molecule has 3 atom stereocenters. The molecule has 0 heterocycles. The van der Waals surface area contributed by atoms with Crippen LogP contribution in [0.5, 0.6) is 0 Å². The molecule has 2 aliphatic carbocycles. The highest BCUT2D eigenvalue weighted by Gasteiger charge is 2.61. The molecule has 0 aromatic heterocycles. The Balaban J connectivity index is 2.11. The predicted molar refractivity (Wildman–Crippen MR) is 59.7 cm³/mol. The number of halogens is 1. The number of rotatable bonds is 3. The summed E-state index contributed by atoms with van der Waals surface area (Å²) >= 11 is 5.67. The van der Waals surface area contributed by atoms with E-state index in [-0.39, 0.29) is 0 Å². The van der Waals surface area contributed by atoms with E-state index in [0.29, 0.717) is 29.4 Å². The molecule has 0 aromatic rings. The fourth-order valence-electron chi connectivity index (χ4n) is 3.57. The topological polar surface area (TPSA) is 9.23 Å². The largest absolute Gasteiger partial charge is 0.376 e. The first-order valence-electron chi connectivity index (χ1n) is 5.70. The Morgan fingerprint density at radius 3 is 2.50 bits per heavy atom. The minimum Gasteiger partial charge on any atom is -0.376 e. The highest BCUT2D eigenvalue weighted by atomic mass is 35.5. The summed E-state index contributed by atoms with van der Waals surface area (Å²) in [6.07, 6.45) is 4.43. The van der Waals surface area contributed by atoms with Gasteiger partial charge in [-0.3, -0.25) is 0 Å². The van der Waals surface area contributed by atoms with Crippen LogP contribution in [0.1, 0.15) is 40.0 Å². The monoisotopic (exact) mass is 216 g/mol. The normalized spacial score (nSPS) is 44.6. The predicted octanol–water partition coefficient (Wildman–Crippen LogP) is 3.46. The van der Waals surface area contributed by atoms with E-state index in [2.05, 4.69) is 20.8 Å². The smallest absolute Gasteiger partial charge is 0.0637 e. The maximum Gasteiger partial charge on any atom is 0.0637 e. The van der Waals surface area contributed by atoms with Crippen LogP contribution in [0.3, 0.4) is 0 Å². The molecular weight excluding hydrogens is 196 g/mol. The first-order chi connectivity index (χ1) is 6.52. The van der Waals surface area contributed by atoms with E-state index in [0.717, 1.165) is 5.92 Å². The molecule has 2 heteroatoms. The van der Waals surface area contributed by atoms with Gasteiger partial charge in [0.15, 0.2) is 0 Å². The van der Waals surface area contributed by atoms with Gasteiger partial charge < -0.3 is 4.74 Å². The Morgan fingerprint density at radius 2 is 2.07 bits per heavy atom. The summed E-state index contributed by atoms with van der Waals surface area (Å²) in [5.41, 5.74) is 0.855. The Bertz CT molecular complexity index is 226. The molecule has 14 heavy (non-hydrogen) atoms. The van der Waals surface area contributed by atoms with E-state index in [1.807, 2.05) is 0 Å². The van der Waals surface area contributed by atoms with E-state index in [4.69, 9.17) is 16.3 Å². The molecule has 2 aliphatic rings. The molecule has 82 valence electrons. The zero-order valence-corrected chi connectivity index (χ0v) is 10.2. The second-order valence-corrected chi connectivity index (χ2v) is 6.04. The van der Waals surface area contributed by atoms with Crippen LogP contribution in [0.4, 0.5) is 0 Å². The summed E-state index contributed by atoms with van der Waals surface area (Å²) in [6.45, 7) is 7.94. The standard InChI is InChI=1S/C12H21ClO/c1-11(2)9-4-5-12(11,3)10(8-9)14-7-6-13/h9-10H,4-8H2,1-3H3. The summed E-state index contributed by atoms with van der Waals surface area (Å²) < 4.78 is 5.89. The van der Waals surface area contributed by atoms with E-state index in [1.54, 1.807) is 0 Å². The molecule has 0 aliphatic heterocycles. The van der Waals surface area contributed by atoms with Gasteiger partial charge in [0.2, 0.25) is 0 Å². The third-order valence-corrected chi connectivity index (χ3v) is 5.26. The van der Waals surface area contributed by atoms with Gasteiger partial charge >= 0.3 is 0 Å². The van der Waals surface area contributed by atoms with Crippen molar-refractivity contribution in [3.05, 3.63) is 0 Å². The van der Waals surface area contributed by atoms with Gasteiger partial charge in [-0.1, -0.05) is 20.8 Å². The summed E-state index contributed by atoms with van der Waals surface area (Å²) in [4.78, 5) is 0. The van der Waals surface area contributed by atoms with Crippen molar-refractivity contribution >= 4 is 11.6 Å². The third kappa shape index (κ3) is 1.25. The third-order valence-electron chi connectivity index (χ3n) is 5.11. The molecule has 2 bridgehead atoms. The van der Waals surface area contributed by atoms with Crippen LogP contribution < -0.4 is 0 Å². The Hall–Kier alpha value is 0.250. The molecule has 0 saturated heterocycles. The lowest BCUT2D eigenvalue weighted by molar-refractivity contribution is -0.0405. The van der Waals surface area contributed by atoms with E-state index >= 15 is 0 Å². The molecular formula is C12H21ClO. The maximum atomic E-state index is 5.89. The van der Waals surface area contributed by atoms with Crippen LogP contribution in [0, 0.1) is 16.7 Å². The highest BCUT2D eigenvalue weighted by molar-refractivity contribution is 6.17. The molecule has 0 N–H and O–H groups in total. The van der Waals surface area contributed by atoms with Gasteiger partial charge in [0.25, 0.3) is 0 Å². The number of ether oxygens (including phenoxy) is 1. The molecule has 0 aromatic carbocycles. The van der Waals surface area contributed by atoms with Crippen LogP contribution in [0.15, 0.2) is 0 Å². The van der Waals surface area contributed by atoms with Gasteiger partial charge in [-0.05, 0) is 36.0 Å². The zero-order chi connectivity index (χ0) is 10.4. The Morgan fingerprint density at radius 1 is 1.36 bits per heavy atom. The lowest BCUT2D eigenvalue weighted by Crippen LogP contribution is -2.37. The number of alkyl halides is 1. The quantitative estimate of drug-likeness (QED) is 0.657. The van der Waals surface area contributed by atoms with Gasteiger partial charge in [0.1, 0.15) is 0 Å². The van der Waals surface area contributed by atoms with Crippen molar-refractivity contribution in [3.63, 3.8) is 0 Å². The van der Waals surface area contributed by atoms with Gasteiger partial charge in [-0.15, -0.1) is 11.6 Å². The van der Waals surface area contributed by atoms with Crippen LogP contribution >= 0.6 is 11.6 Å². The van der Waals surface area contributed by atoms with Gasteiger partial charge in [-0.2, -0.15) is 0 Å². The van der Waals surface area contributed by atoms with Crippen molar-refractivity contribution in [1.82, 2.24) is 0 Å². The second-order valence-electron chi connectivity index (χ2n) is 5.66. The summed E-state index contributed by atoms with van der Waals surface area (Å²) in [7, 11) is 0. The van der Waals surface area contributed by atoms with E-state index in [9.17, 15) is 0 Å². The molecule has 0 spiro atoms. The molecule has 0 amide bonds. The van der Waals surface area contributed by atoms with E-state index < -0.39 is 0 Å². The van der Waals surface area contributed by atoms with Crippen molar-refractivity contribution in [2.45, 2.75) is 46.1 Å². The van der Waals surface area contributed by atoms with Gasteiger partial charge in [0, 0.05) is 5.88 Å². The van der Waals surface area contributed by atoms with Crippen LogP contribution in [-0.4, -0.2) is 18.6 Å². The molecule has 0 radical (unpaired) electrons. The molecule has 2 saturated carbocycles. The van der Waals surface area contributed by atoms with E-state index in [1.165, 1.54) is 19.3 Å². The fraction of sp³-hybridized carbons (Fsp3) is 1.00. The summed E-state index contributed by atoms with van der Waals surface area (Å²) in [5, 5.41) is 0. The number of fused-ring (bicyclic) bond motifs is 2. The first kappa shape index (κ1) is 10.8. The van der Waals surface area contributed by atoms with Crippen LogP contribution in [0.2, 0.25) is 0 Å². The minimum atomic E-state index is 0.393. The maximum absolute atomic E-state index is 5.89. The Labute approximate surface area is 92.2 Å². The number of hydrogen-bond donors (Lipinski definition) is 0.